The Morgan fingerprint density at radius 1 is 1.18 bits per heavy atom. The van der Waals surface area contributed by atoms with Crippen LogP contribution < -0.4 is 0 Å². The molecule has 0 N–H and O–H groups in total. The standard InChI is InChI=1S/C15H24O2/c1-14(2)7-4-8-15(3)10-9-13(16)17-11(10)5-6-12(14)15/h10-12H,4-9H2,1-3H3/t10-,11+,12-,15+/m0/s1. The Kier molecular flexibility index (Phi) is 2.37. The van der Waals surface area contributed by atoms with Crippen molar-refractivity contribution in [1.82, 2.24) is 0 Å². The van der Waals surface area contributed by atoms with Crippen molar-refractivity contribution in [3.05, 3.63) is 0 Å². The fraction of sp³-hybridized carbons (Fsp3) is 0.933. The summed E-state index contributed by atoms with van der Waals surface area (Å²) in [4.78, 5) is 11.6. The normalized spacial score (nSPS) is 48.2. The minimum absolute atomic E-state index is 0.0465. The predicted octanol–water partition coefficient (Wildman–Crippen LogP) is 3.54. The smallest absolute Gasteiger partial charge is 0.306 e. The molecule has 2 heteroatoms. The minimum Gasteiger partial charge on any atom is -0.462 e. The van der Waals surface area contributed by atoms with Crippen LogP contribution in [0.15, 0.2) is 0 Å². The number of ether oxygens (including phenoxy) is 1. The molecule has 2 nitrogen and oxygen atoms in total. The van der Waals surface area contributed by atoms with E-state index in [4.69, 9.17) is 4.74 Å². The maximum Gasteiger partial charge on any atom is 0.306 e. The van der Waals surface area contributed by atoms with Crippen molar-refractivity contribution < 1.29 is 9.53 Å². The molecular formula is C15H24O2. The van der Waals surface area contributed by atoms with Crippen molar-refractivity contribution in [3.63, 3.8) is 0 Å². The summed E-state index contributed by atoms with van der Waals surface area (Å²) in [6, 6.07) is 0. The van der Waals surface area contributed by atoms with Crippen LogP contribution in [-0.4, -0.2) is 12.1 Å². The van der Waals surface area contributed by atoms with Gasteiger partial charge in [-0.1, -0.05) is 27.2 Å². The Morgan fingerprint density at radius 2 is 1.94 bits per heavy atom. The molecule has 1 saturated heterocycles. The summed E-state index contributed by atoms with van der Waals surface area (Å²) < 4.78 is 5.51. The van der Waals surface area contributed by atoms with E-state index in [0.717, 1.165) is 12.3 Å². The summed E-state index contributed by atoms with van der Waals surface area (Å²) in [6.07, 6.45) is 7.21. The molecule has 0 aromatic rings. The highest BCUT2D eigenvalue weighted by molar-refractivity contribution is 5.72. The average Bonchev–Trinajstić information content (AvgIpc) is 2.58. The molecule has 0 spiro atoms. The SMILES string of the molecule is CC1(C)CCC[C@]2(C)[C@H]3CC(=O)O[C@@H]3CC[C@@H]12. The third-order valence-corrected chi connectivity index (χ3v) is 5.98. The Hall–Kier alpha value is -0.530. The van der Waals surface area contributed by atoms with Crippen LogP contribution in [0.3, 0.4) is 0 Å². The molecule has 3 aliphatic rings. The Bertz CT molecular complexity index is 347. The molecule has 17 heavy (non-hydrogen) atoms. The van der Waals surface area contributed by atoms with Gasteiger partial charge in [0, 0.05) is 5.92 Å². The molecule has 96 valence electrons. The number of esters is 1. The van der Waals surface area contributed by atoms with E-state index >= 15 is 0 Å². The molecule has 2 aliphatic carbocycles. The van der Waals surface area contributed by atoms with Crippen LogP contribution in [0.4, 0.5) is 0 Å². The van der Waals surface area contributed by atoms with Crippen LogP contribution in [0.5, 0.6) is 0 Å². The van der Waals surface area contributed by atoms with E-state index in [1.165, 1.54) is 25.7 Å². The van der Waals surface area contributed by atoms with Gasteiger partial charge in [-0.25, -0.2) is 0 Å². The van der Waals surface area contributed by atoms with Crippen molar-refractivity contribution in [2.45, 2.75) is 65.4 Å². The predicted molar refractivity (Wildman–Crippen MR) is 66.5 cm³/mol. The van der Waals surface area contributed by atoms with Gasteiger partial charge in [0.25, 0.3) is 0 Å². The van der Waals surface area contributed by atoms with Crippen LogP contribution in [-0.2, 0) is 9.53 Å². The second kappa shape index (κ2) is 3.49. The molecule has 0 amide bonds. The highest BCUT2D eigenvalue weighted by Crippen LogP contribution is 2.62. The van der Waals surface area contributed by atoms with Gasteiger partial charge in [0.15, 0.2) is 0 Å². The first-order chi connectivity index (χ1) is 7.93. The lowest BCUT2D eigenvalue weighted by Crippen LogP contribution is -2.51. The van der Waals surface area contributed by atoms with Gasteiger partial charge in [0.2, 0.25) is 0 Å². The van der Waals surface area contributed by atoms with E-state index in [1.807, 2.05) is 0 Å². The molecule has 1 aliphatic heterocycles. The largest absolute Gasteiger partial charge is 0.462 e. The average molecular weight is 236 g/mol. The second-order valence-corrected chi connectivity index (χ2v) is 7.32. The zero-order valence-corrected chi connectivity index (χ0v) is 11.3. The zero-order chi connectivity index (χ0) is 12.3. The number of hydrogen-bond donors (Lipinski definition) is 0. The molecule has 0 radical (unpaired) electrons. The van der Waals surface area contributed by atoms with Crippen LogP contribution in [0.2, 0.25) is 0 Å². The quantitative estimate of drug-likeness (QED) is 0.601. The fourth-order valence-corrected chi connectivity index (χ4v) is 5.19. The van der Waals surface area contributed by atoms with Gasteiger partial charge in [0.05, 0.1) is 6.42 Å². The highest BCUT2D eigenvalue weighted by atomic mass is 16.5. The summed E-state index contributed by atoms with van der Waals surface area (Å²) >= 11 is 0. The van der Waals surface area contributed by atoms with E-state index in [-0.39, 0.29) is 12.1 Å². The number of carbonyl (C=O) groups excluding carboxylic acids is 1. The first-order valence-corrected chi connectivity index (χ1v) is 7.13. The monoisotopic (exact) mass is 236 g/mol. The molecule has 3 fully saturated rings. The summed E-state index contributed by atoms with van der Waals surface area (Å²) in [7, 11) is 0. The first-order valence-electron chi connectivity index (χ1n) is 7.13. The van der Waals surface area contributed by atoms with Crippen molar-refractivity contribution in [3.8, 4) is 0 Å². The van der Waals surface area contributed by atoms with Crippen LogP contribution in [0, 0.1) is 22.7 Å². The fourth-order valence-electron chi connectivity index (χ4n) is 5.19. The third-order valence-electron chi connectivity index (χ3n) is 5.98. The third kappa shape index (κ3) is 1.56. The Labute approximate surface area is 104 Å². The lowest BCUT2D eigenvalue weighted by molar-refractivity contribution is -0.145. The summed E-state index contributed by atoms with van der Waals surface area (Å²) in [5.41, 5.74) is 0.792. The van der Waals surface area contributed by atoms with Crippen molar-refractivity contribution in [1.29, 1.82) is 0 Å². The van der Waals surface area contributed by atoms with E-state index in [0.29, 0.717) is 23.2 Å². The molecule has 3 rings (SSSR count). The Balaban J connectivity index is 1.94. The summed E-state index contributed by atoms with van der Waals surface area (Å²) in [6.45, 7) is 7.28. The molecule has 0 bridgehead atoms. The topological polar surface area (TPSA) is 26.3 Å². The van der Waals surface area contributed by atoms with Gasteiger partial charge in [0.1, 0.15) is 6.10 Å². The summed E-state index contributed by atoms with van der Waals surface area (Å²) in [5.74, 6) is 1.32. The lowest BCUT2D eigenvalue weighted by atomic mass is 9.48. The van der Waals surface area contributed by atoms with Gasteiger partial charge in [-0.15, -0.1) is 0 Å². The van der Waals surface area contributed by atoms with Crippen molar-refractivity contribution >= 4 is 5.97 Å². The molecule has 1 heterocycles. The molecular weight excluding hydrogens is 212 g/mol. The molecule has 2 saturated carbocycles. The maximum absolute atomic E-state index is 11.6. The minimum atomic E-state index is 0.0465. The van der Waals surface area contributed by atoms with Gasteiger partial charge in [-0.05, 0) is 42.4 Å². The molecule has 0 aromatic carbocycles. The van der Waals surface area contributed by atoms with Crippen LogP contribution in [0.25, 0.3) is 0 Å². The number of hydrogen-bond acceptors (Lipinski definition) is 2. The molecule has 4 atom stereocenters. The van der Waals surface area contributed by atoms with Gasteiger partial charge in [-0.3, -0.25) is 4.79 Å². The van der Waals surface area contributed by atoms with Gasteiger partial charge < -0.3 is 4.74 Å². The molecule has 0 unspecified atom stereocenters. The van der Waals surface area contributed by atoms with E-state index in [9.17, 15) is 4.79 Å². The number of carbonyl (C=O) groups is 1. The number of rotatable bonds is 0. The Morgan fingerprint density at radius 3 is 2.71 bits per heavy atom. The van der Waals surface area contributed by atoms with Crippen molar-refractivity contribution in [2.75, 3.05) is 0 Å². The first kappa shape index (κ1) is 11.6. The van der Waals surface area contributed by atoms with Crippen LogP contribution in [0.1, 0.15) is 59.3 Å². The number of fused-ring (bicyclic) bond motifs is 3. The summed E-state index contributed by atoms with van der Waals surface area (Å²) in [5, 5.41) is 0. The maximum atomic E-state index is 11.6. The van der Waals surface area contributed by atoms with Gasteiger partial charge >= 0.3 is 5.97 Å². The zero-order valence-electron chi connectivity index (χ0n) is 11.3. The van der Waals surface area contributed by atoms with E-state index < -0.39 is 0 Å². The van der Waals surface area contributed by atoms with Gasteiger partial charge in [-0.2, -0.15) is 0 Å². The van der Waals surface area contributed by atoms with Crippen LogP contribution >= 0.6 is 0 Å². The van der Waals surface area contributed by atoms with E-state index in [2.05, 4.69) is 20.8 Å². The lowest BCUT2D eigenvalue weighted by Gasteiger charge is -2.57. The highest BCUT2D eigenvalue weighted by Gasteiger charge is 2.57. The molecule has 0 aromatic heterocycles. The second-order valence-electron chi connectivity index (χ2n) is 7.32. The van der Waals surface area contributed by atoms with E-state index in [1.54, 1.807) is 0 Å². The van der Waals surface area contributed by atoms with Crippen molar-refractivity contribution in [2.24, 2.45) is 22.7 Å².